The van der Waals surface area contributed by atoms with Crippen molar-refractivity contribution in [2.24, 2.45) is 11.3 Å². The van der Waals surface area contributed by atoms with Crippen molar-refractivity contribution in [1.82, 2.24) is 10.2 Å². The zero-order valence-electron chi connectivity index (χ0n) is 11.7. The average molecular weight is 226 g/mol. The lowest BCUT2D eigenvalue weighted by molar-refractivity contribution is 0.110. The maximum atomic E-state index is 3.64. The summed E-state index contributed by atoms with van der Waals surface area (Å²) in [5.41, 5.74) is 0.547. The van der Waals surface area contributed by atoms with Crippen LogP contribution in [0.2, 0.25) is 0 Å². The van der Waals surface area contributed by atoms with Gasteiger partial charge in [-0.15, -0.1) is 0 Å². The third-order valence-corrected chi connectivity index (χ3v) is 3.91. The van der Waals surface area contributed by atoms with E-state index in [4.69, 9.17) is 0 Å². The molecule has 2 heteroatoms. The van der Waals surface area contributed by atoms with Gasteiger partial charge in [0, 0.05) is 13.1 Å². The maximum Gasteiger partial charge on any atom is 0.00440 e. The first-order valence-electron chi connectivity index (χ1n) is 6.93. The van der Waals surface area contributed by atoms with Crippen LogP contribution in [0.15, 0.2) is 0 Å². The zero-order chi connectivity index (χ0) is 12.0. The van der Waals surface area contributed by atoms with Crippen molar-refractivity contribution in [1.29, 1.82) is 0 Å². The van der Waals surface area contributed by atoms with Crippen LogP contribution in [0, 0.1) is 11.3 Å². The summed E-state index contributed by atoms with van der Waals surface area (Å²) in [5.74, 6) is 0.946. The maximum absolute atomic E-state index is 3.64. The van der Waals surface area contributed by atoms with Crippen LogP contribution in [0.25, 0.3) is 0 Å². The molecule has 0 atom stereocenters. The summed E-state index contributed by atoms with van der Waals surface area (Å²) in [5, 5.41) is 3.64. The first-order valence-corrected chi connectivity index (χ1v) is 6.93. The third-order valence-electron chi connectivity index (χ3n) is 3.91. The molecular weight excluding hydrogens is 196 g/mol. The van der Waals surface area contributed by atoms with Gasteiger partial charge in [0.2, 0.25) is 0 Å². The predicted molar refractivity (Wildman–Crippen MR) is 71.8 cm³/mol. The first-order chi connectivity index (χ1) is 7.58. The molecule has 0 saturated heterocycles. The molecule has 1 N–H and O–H groups in total. The second kappa shape index (κ2) is 6.61. The van der Waals surface area contributed by atoms with Crippen molar-refractivity contribution >= 4 is 0 Å². The van der Waals surface area contributed by atoms with Gasteiger partial charge < -0.3 is 10.2 Å². The van der Waals surface area contributed by atoms with Crippen molar-refractivity contribution in [3.05, 3.63) is 0 Å². The Bertz CT molecular complexity index is 181. The molecule has 0 radical (unpaired) electrons. The Hall–Kier alpha value is -0.0800. The van der Waals surface area contributed by atoms with Gasteiger partial charge in [0.15, 0.2) is 0 Å². The quantitative estimate of drug-likeness (QED) is 0.701. The van der Waals surface area contributed by atoms with E-state index in [-0.39, 0.29) is 0 Å². The number of hydrogen-bond donors (Lipinski definition) is 1. The van der Waals surface area contributed by atoms with E-state index >= 15 is 0 Å². The fourth-order valence-corrected chi connectivity index (χ4v) is 2.97. The monoisotopic (exact) mass is 226 g/mol. The van der Waals surface area contributed by atoms with Gasteiger partial charge in [0.25, 0.3) is 0 Å². The molecular formula is C14H30N2. The molecule has 0 spiro atoms. The fraction of sp³-hybridized carbons (Fsp3) is 1.00. The minimum absolute atomic E-state index is 0.547. The van der Waals surface area contributed by atoms with E-state index < -0.39 is 0 Å². The molecule has 0 aromatic heterocycles. The van der Waals surface area contributed by atoms with Crippen LogP contribution in [-0.4, -0.2) is 38.6 Å². The van der Waals surface area contributed by atoms with Crippen LogP contribution in [0.3, 0.4) is 0 Å². The topological polar surface area (TPSA) is 15.3 Å². The molecule has 96 valence electrons. The Kier molecular flexibility index (Phi) is 5.77. The summed E-state index contributed by atoms with van der Waals surface area (Å²) in [6.07, 6.45) is 6.89. The molecule has 0 aromatic carbocycles. The van der Waals surface area contributed by atoms with Gasteiger partial charge in [-0.3, -0.25) is 0 Å². The smallest absolute Gasteiger partial charge is 0.00440 e. The molecule has 1 aliphatic rings. The van der Waals surface area contributed by atoms with E-state index in [1.54, 1.807) is 0 Å². The second-order valence-corrected chi connectivity index (χ2v) is 6.10. The molecule has 2 nitrogen and oxygen atoms in total. The predicted octanol–water partition coefficient (Wildman–Crippen LogP) is 2.74. The molecule has 16 heavy (non-hydrogen) atoms. The van der Waals surface area contributed by atoms with Crippen molar-refractivity contribution < 1.29 is 0 Å². The van der Waals surface area contributed by atoms with Gasteiger partial charge >= 0.3 is 0 Å². The number of rotatable bonds is 6. The van der Waals surface area contributed by atoms with Crippen LogP contribution in [0.4, 0.5) is 0 Å². The molecule has 1 fully saturated rings. The largest absolute Gasteiger partial charge is 0.316 e. The summed E-state index contributed by atoms with van der Waals surface area (Å²) in [6, 6.07) is 0. The van der Waals surface area contributed by atoms with Crippen molar-refractivity contribution in [3.8, 4) is 0 Å². The molecule has 0 bridgehead atoms. The second-order valence-electron chi connectivity index (χ2n) is 6.10. The molecule has 0 aliphatic heterocycles. The number of nitrogens with zero attached hydrogens (tertiary/aromatic N) is 1. The Morgan fingerprint density at radius 3 is 2.38 bits per heavy atom. The van der Waals surface area contributed by atoms with Crippen LogP contribution >= 0.6 is 0 Å². The van der Waals surface area contributed by atoms with E-state index in [0.717, 1.165) is 5.92 Å². The Morgan fingerprint density at radius 1 is 1.25 bits per heavy atom. The van der Waals surface area contributed by atoms with Gasteiger partial charge in [-0.2, -0.15) is 0 Å². The van der Waals surface area contributed by atoms with Gasteiger partial charge in [0.1, 0.15) is 0 Å². The average Bonchev–Trinajstić information content (AvgIpc) is 2.22. The van der Waals surface area contributed by atoms with E-state index in [1.165, 1.54) is 51.7 Å². The van der Waals surface area contributed by atoms with Gasteiger partial charge in [-0.25, -0.2) is 0 Å². The highest BCUT2D eigenvalue weighted by atomic mass is 15.1. The highest BCUT2D eigenvalue weighted by molar-refractivity contribution is 4.88. The van der Waals surface area contributed by atoms with Crippen molar-refractivity contribution in [2.75, 3.05) is 33.7 Å². The van der Waals surface area contributed by atoms with Gasteiger partial charge in [-0.1, -0.05) is 26.7 Å². The summed E-state index contributed by atoms with van der Waals surface area (Å²) >= 11 is 0. The van der Waals surface area contributed by atoms with Crippen molar-refractivity contribution in [3.63, 3.8) is 0 Å². The minimum atomic E-state index is 0.547. The molecule has 0 aromatic rings. The van der Waals surface area contributed by atoms with Crippen LogP contribution in [0.5, 0.6) is 0 Å². The highest BCUT2D eigenvalue weighted by Crippen LogP contribution is 2.38. The van der Waals surface area contributed by atoms with Crippen molar-refractivity contribution in [2.45, 2.75) is 46.0 Å². The molecule has 0 unspecified atom stereocenters. The van der Waals surface area contributed by atoms with Crippen LogP contribution < -0.4 is 5.32 Å². The van der Waals surface area contributed by atoms with E-state index in [9.17, 15) is 0 Å². The Morgan fingerprint density at radius 2 is 1.88 bits per heavy atom. The summed E-state index contributed by atoms with van der Waals surface area (Å²) in [6.45, 7) is 8.28. The Balaban J connectivity index is 2.47. The van der Waals surface area contributed by atoms with Crippen LogP contribution in [-0.2, 0) is 0 Å². The third kappa shape index (κ3) is 4.42. The molecule has 0 amide bonds. The lowest BCUT2D eigenvalue weighted by Gasteiger charge is -2.41. The normalized spacial score (nSPS) is 30.9. The van der Waals surface area contributed by atoms with E-state index in [1.807, 2.05) is 0 Å². The fourth-order valence-electron chi connectivity index (χ4n) is 2.97. The molecule has 1 rings (SSSR count). The lowest BCUT2D eigenvalue weighted by atomic mass is 9.70. The highest BCUT2D eigenvalue weighted by Gasteiger charge is 2.34. The van der Waals surface area contributed by atoms with E-state index in [0.29, 0.717) is 5.41 Å². The Labute approximate surface area is 102 Å². The SMILES string of the molecule is CCCNCC1(CN(C)C)CCC(C)CC1. The van der Waals surface area contributed by atoms with Crippen LogP contribution in [0.1, 0.15) is 46.0 Å². The molecule has 1 saturated carbocycles. The minimum Gasteiger partial charge on any atom is -0.316 e. The van der Waals surface area contributed by atoms with Gasteiger partial charge in [0.05, 0.1) is 0 Å². The first kappa shape index (κ1) is 14.0. The summed E-state index contributed by atoms with van der Waals surface area (Å²) < 4.78 is 0. The molecule has 1 aliphatic carbocycles. The summed E-state index contributed by atoms with van der Waals surface area (Å²) in [4.78, 5) is 2.36. The number of nitrogens with one attached hydrogen (secondary N) is 1. The standard InChI is InChI=1S/C14H30N2/c1-5-10-15-11-14(12-16(3)4)8-6-13(2)7-9-14/h13,15H,5-12H2,1-4H3. The lowest BCUT2D eigenvalue weighted by Crippen LogP contribution is -2.44. The molecule has 0 heterocycles. The number of hydrogen-bond acceptors (Lipinski definition) is 2. The zero-order valence-corrected chi connectivity index (χ0v) is 11.7. The van der Waals surface area contributed by atoms with E-state index in [2.05, 4.69) is 38.2 Å². The summed E-state index contributed by atoms with van der Waals surface area (Å²) in [7, 11) is 4.42. The van der Waals surface area contributed by atoms with Gasteiger partial charge in [-0.05, 0) is 51.2 Å².